The fourth-order valence-electron chi connectivity index (χ4n) is 1.52. The Kier molecular flexibility index (Phi) is 3.91. The van der Waals surface area contributed by atoms with Crippen LogP contribution < -0.4 is 5.32 Å². The molecule has 0 aliphatic carbocycles. The molecule has 0 unspecified atom stereocenters. The molecule has 5 heteroatoms. The average Bonchev–Trinajstić information content (AvgIpc) is 2.31. The van der Waals surface area contributed by atoms with Gasteiger partial charge in [0.2, 0.25) is 0 Å². The van der Waals surface area contributed by atoms with Gasteiger partial charge in [0.1, 0.15) is 17.5 Å². The number of nitrogens with one attached hydrogen (secondary N) is 1. The molecule has 1 nitrogen and oxygen atoms in total. The number of hydrogen-bond donors (Lipinski definition) is 1. The second-order valence-corrected chi connectivity index (χ2v) is 4.59. The van der Waals surface area contributed by atoms with Crippen molar-refractivity contribution < 1.29 is 13.2 Å². The van der Waals surface area contributed by atoms with E-state index in [4.69, 9.17) is 0 Å². The monoisotopic (exact) mass is 315 g/mol. The lowest BCUT2D eigenvalue weighted by atomic mass is 10.2. The Bertz CT molecular complexity index is 552. The summed E-state index contributed by atoms with van der Waals surface area (Å²) in [5.74, 6) is -1.79. The van der Waals surface area contributed by atoms with E-state index >= 15 is 0 Å². The Hall–Kier alpha value is -1.49. The Morgan fingerprint density at radius 1 is 0.944 bits per heavy atom. The maximum atomic E-state index is 13.5. The van der Waals surface area contributed by atoms with Crippen LogP contribution in [0.4, 0.5) is 18.9 Å². The van der Waals surface area contributed by atoms with Gasteiger partial charge < -0.3 is 5.32 Å². The largest absolute Gasteiger partial charge is 0.378 e. The summed E-state index contributed by atoms with van der Waals surface area (Å²) in [4.78, 5) is 0. The summed E-state index contributed by atoms with van der Waals surface area (Å²) in [7, 11) is 0. The minimum atomic E-state index is -0.653. The quantitative estimate of drug-likeness (QED) is 0.880. The Morgan fingerprint density at radius 2 is 1.61 bits per heavy atom. The maximum absolute atomic E-state index is 13.5. The van der Waals surface area contributed by atoms with Crippen molar-refractivity contribution in [2.24, 2.45) is 0 Å². The summed E-state index contributed by atoms with van der Waals surface area (Å²) in [6.45, 7) is -0.114. The number of benzene rings is 2. The zero-order chi connectivity index (χ0) is 13.1. The minimum Gasteiger partial charge on any atom is -0.378 e. The van der Waals surface area contributed by atoms with E-state index in [1.807, 2.05) is 0 Å². The molecule has 1 N–H and O–H groups in total. The molecule has 0 radical (unpaired) electrons. The van der Waals surface area contributed by atoms with Gasteiger partial charge in [-0.15, -0.1) is 0 Å². The van der Waals surface area contributed by atoms with Crippen LogP contribution in [-0.2, 0) is 6.54 Å². The molecule has 0 bridgehead atoms. The Balaban J connectivity index is 2.16. The third kappa shape index (κ3) is 2.85. The highest BCUT2D eigenvalue weighted by Crippen LogP contribution is 2.21. The van der Waals surface area contributed by atoms with Crippen molar-refractivity contribution in [3.8, 4) is 0 Å². The van der Waals surface area contributed by atoms with E-state index in [1.165, 1.54) is 18.2 Å². The summed E-state index contributed by atoms with van der Waals surface area (Å²) in [5.41, 5.74) is 0.0840. The van der Waals surface area contributed by atoms with Crippen molar-refractivity contribution in [2.75, 3.05) is 5.32 Å². The van der Waals surface area contributed by atoms with Gasteiger partial charge in [0.05, 0.1) is 5.69 Å². The fraction of sp³-hybridized carbons (Fsp3) is 0.0769. The Labute approximate surface area is 111 Å². The first kappa shape index (κ1) is 13.0. The van der Waals surface area contributed by atoms with E-state index in [9.17, 15) is 13.2 Å². The van der Waals surface area contributed by atoms with Crippen LogP contribution in [0.2, 0.25) is 0 Å². The van der Waals surface area contributed by atoms with Gasteiger partial charge in [-0.2, -0.15) is 0 Å². The van der Waals surface area contributed by atoms with Crippen LogP contribution in [0.5, 0.6) is 0 Å². The topological polar surface area (TPSA) is 12.0 Å². The molecular weight excluding hydrogens is 307 g/mol. The highest BCUT2D eigenvalue weighted by molar-refractivity contribution is 9.10. The van der Waals surface area contributed by atoms with E-state index < -0.39 is 17.5 Å². The second-order valence-electron chi connectivity index (χ2n) is 3.68. The zero-order valence-corrected chi connectivity index (χ0v) is 10.8. The molecule has 0 atom stereocenters. The van der Waals surface area contributed by atoms with E-state index in [0.29, 0.717) is 4.47 Å². The van der Waals surface area contributed by atoms with Crippen molar-refractivity contribution >= 4 is 21.6 Å². The van der Waals surface area contributed by atoms with Gasteiger partial charge in [-0.1, -0.05) is 22.0 Å². The lowest BCUT2D eigenvalue weighted by Gasteiger charge is -2.09. The first-order valence-corrected chi connectivity index (χ1v) is 5.99. The third-order valence-electron chi connectivity index (χ3n) is 2.45. The zero-order valence-electron chi connectivity index (χ0n) is 9.18. The number of rotatable bonds is 3. The van der Waals surface area contributed by atoms with E-state index in [2.05, 4.69) is 21.2 Å². The summed E-state index contributed by atoms with van der Waals surface area (Å²) >= 11 is 3.13. The molecule has 18 heavy (non-hydrogen) atoms. The molecule has 0 amide bonds. The SMILES string of the molecule is Fc1cc(Br)ccc1NCc1c(F)cccc1F. The Morgan fingerprint density at radius 3 is 2.22 bits per heavy atom. The number of anilines is 1. The summed E-state index contributed by atoms with van der Waals surface area (Å²) < 4.78 is 40.7. The predicted octanol–water partition coefficient (Wildman–Crippen LogP) is 4.48. The van der Waals surface area contributed by atoms with E-state index in [0.717, 1.165) is 12.1 Å². The van der Waals surface area contributed by atoms with Crippen molar-refractivity contribution in [1.82, 2.24) is 0 Å². The van der Waals surface area contributed by atoms with E-state index in [-0.39, 0.29) is 17.8 Å². The third-order valence-corrected chi connectivity index (χ3v) is 2.94. The molecule has 0 saturated heterocycles. The highest BCUT2D eigenvalue weighted by Gasteiger charge is 2.09. The van der Waals surface area contributed by atoms with Gasteiger partial charge in [0.25, 0.3) is 0 Å². The molecule has 0 saturated carbocycles. The molecular formula is C13H9BrF3N. The molecule has 0 aliphatic heterocycles. The van der Waals surface area contributed by atoms with Crippen LogP contribution in [0.15, 0.2) is 40.9 Å². The highest BCUT2D eigenvalue weighted by atomic mass is 79.9. The molecule has 0 spiro atoms. The molecule has 0 fully saturated rings. The molecule has 0 aromatic heterocycles. The van der Waals surface area contributed by atoms with Gasteiger partial charge in [0.15, 0.2) is 0 Å². The first-order valence-electron chi connectivity index (χ1n) is 5.20. The fourth-order valence-corrected chi connectivity index (χ4v) is 1.85. The summed E-state index contributed by atoms with van der Waals surface area (Å²) in [5, 5.41) is 2.66. The van der Waals surface area contributed by atoms with Gasteiger partial charge in [-0.3, -0.25) is 0 Å². The van der Waals surface area contributed by atoms with Gasteiger partial charge >= 0.3 is 0 Å². The molecule has 2 aromatic carbocycles. The van der Waals surface area contributed by atoms with Crippen LogP contribution in [0.25, 0.3) is 0 Å². The van der Waals surface area contributed by atoms with Crippen LogP contribution in [0.1, 0.15) is 5.56 Å². The molecule has 0 aliphatic rings. The van der Waals surface area contributed by atoms with Crippen LogP contribution in [0.3, 0.4) is 0 Å². The van der Waals surface area contributed by atoms with Crippen LogP contribution >= 0.6 is 15.9 Å². The summed E-state index contributed by atoms with van der Waals surface area (Å²) in [6, 6.07) is 8.03. The maximum Gasteiger partial charge on any atom is 0.147 e. The lowest BCUT2D eigenvalue weighted by molar-refractivity contribution is 0.559. The number of hydrogen-bond acceptors (Lipinski definition) is 1. The summed E-state index contributed by atoms with van der Waals surface area (Å²) in [6.07, 6.45) is 0. The average molecular weight is 316 g/mol. The van der Waals surface area contributed by atoms with Crippen molar-refractivity contribution in [2.45, 2.75) is 6.54 Å². The van der Waals surface area contributed by atoms with Crippen molar-refractivity contribution in [1.29, 1.82) is 0 Å². The van der Waals surface area contributed by atoms with Gasteiger partial charge in [0, 0.05) is 16.6 Å². The number of halogens is 4. The van der Waals surface area contributed by atoms with Crippen LogP contribution in [-0.4, -0.2) is 0 Å². The second kappa shape index (κ2) is 5.44. The van der Waals surface area contributed by atoms with Gasteiger partial charge in [-0.25, -0.2) is 13.2 Å². The molecule has 2 aromatic rings. The smallest absolute Gasteiger partial charge is 0.147 e. The predicted molar refractivity (Wildman–Crippen MR) is 67.8 cm³/mol. The molecule has 94 valence electrons. The van der Waals surface area contributed by atoms with Crippen molar-refractivity contribution in [3.63, 3.8) is 0 Å². The van der Waals surface area contributed by atoms with Crippen molar-refractivity contribution in [3.05, 3.63) is 63.9 Å². The van der Waals surface area contributed by atoms with E-state index in [1.54, 1.807) is 6.07 Å². The first-order chi connectivity index (χ1) is 8.58. The van der Waals surface area contributed by atoms with Crippen LogP contribution in [0, 0.1) is 17.5 Å². The van der Waals surface area contributed by atoms with Gasteiger partial charge in [-0.05, 0) is 30.3 Å². The standard InChI is InChI=1S/C13H9BrF3N/c14-8-4-5-13(12(17)6-8)18-7-9-10(15)2-1-3-11(9)16/h1-6,18H,7H2. The minimum absolute atomic E-state index is 0.111. The molecule has 0 heterocycles. The lowest BCUT2D eigenvalue weighted by Crippen LogP contribution is -2.05. The normalized spacial score (nSPS) is 10.4. The molecule has 2 rings (SSSR count).